The Hall–Kier alpha value is -1.69. The van der Waals surface area contributed by atoms with E-state index in [0.29, 0.717) is 5.92 Å². The second-order valence-electron chi connectivity index (χ2n) is 4.62. The van der Waals surface area contributed by atoms with E-state index in [1.54, 1.807) is 0 Å². The maximum atomic E-state index is 13.8. The smallest absolute Gasteiger partial charge is 0.254 e. The molecule has 1 fully saturated rings. The minimum Gasteiger partial charge on any atom is -0.349 e. The first-order valence-electron chi connectivity index (χ1n) is 6.05. The number of carbonyl (C=O) groups excluding carboxylic acids is 1. The fourth-order valence-corrected chi connectivity index (χ4v) is 2.06. The molecule has 1 aromatic heterocycles. The van der Waals surface area contributed by atoms with Gasteiger partial charge >= 0.3 is 0 Å². The molecule has 1 aliphatic carbocycles. The summed E-state index contributed by atoms with van der Waals surface area (Å²) in [6.45, 7) is 1.95. The highest BCUT2D eigenvalue weighted by Gasteiger charge is 2.26. The molecule has 18 heavy (non-hydrogen) atoms. The molecule has 6 heteroatoms. The number of amides is 1. The van der Waals surface area contributed by atoms with Gasteiger partial charge in [-0.1, -0.05) is 6.42 Å². The van der Waals surface area contributed by atoms with Crippen molar-refractivity contribution < 1.29 is 9.18 Å². The Labute approximate surface area is 105 Å². The van der Waals surface area contributed by atoms with Gasteiger partial charge in [0.05, 0.1) is 5.56 Å². The van der Waals surface area contributed by atoms with Gasteiger partial charge in [0, 0.05) is 12.2 Å². The number of hydrogen-bond donors (Lipinski definition) is 3. The number of pyridine rings is 1. The molecular formula is C12H17FN4O. The molecule has 4 N–H and O–H groups in total. The molecule has 0 radical (unpaired) electrons. The fourth-order valence-electron chi connectivity index (χ4n) is 2.06. The summed E-state index contributed by atoms with van der Waals surface area (Å²) in [5.74, 6) is 4.35. The Morgan fingerprint density at radius 2 is 2.33 bits per heavy atom. The van der Waals surface area contributed by atoms with E-state index >= 15 is 0 Å². The molecule has 1 amide bonds. The fraction of sp³-hybridized carbons (Fsp3) is 0.500. The standard InChI is InChI=1S/C12H17FN4O/c1-7(8-3-2-4-8)16-12(18)9-5-6-15-11(17-14)10(9)13/h5-8H,2-4,14H2,1H3,(H,15,17)(H,16,18). The monoisotopic (exact) mass is 252 g/mol. The zero-order chi connectivity index (χ0) is 13.1. The van der Waals surface area contributed by atoms with E-state index in [4.69, 9.17) is 5.84 Å². The van der Waals surface area contributed by atoms with Crippen LogP contribution >= 0.6 is 0 Å². The maximum absolute atomic E-state index is 13.8. The lowest BCUT2D eigenvalue weighted by Gasteiger charge is -2.31. The van der Waals surface area contributed by atoms with Gasteiger partial charge in [-0.25, -0.2) is 15.2 Å². The van der Waals surface area contributed by atoms with Crippen LogP contribution < -0.4 is 16.6 Å². The number of nitrogens with two attached hydrogens (primary N) is 1. The largest absolute Gasteiger partial charge is 0.349 e. The highest BCUT2D eigenvalue weighted by Crippen LogP contribution is 2.29. The zero-order valence-electron chi connectivity index (χ0n) is 10.2. The van der Waals surface area contributed by atoms with Crippen molar-refractivity contribution in [1.29, 1.82) is 0 Å². The Morgan fingerprint density at radius 3 is 2.89 bits per heavy atom. The third-order valence-electron chi connectivity index (χ3n) is 3.49. The summed E-state index contributed by atoms with van der Waals surface area (Å²) in [4.78, 5) is 15.6. The van der Waals surface area contributed by atoms with Crippen LogP contribution in [-0.2, 0) is 0 Å². The summed E-state index contributed by atoms with van der Waals surface area (Å²) < 4.78 is 13.8. The lowest BCUT2D eigenvalue weighted by atomic mass is 9.80. The quantitative estimate of drug-likeness (QED) is 0.559. The molecule has 1 saturated carbocycles. The van der Waals surface area contributed by atoms with Gasteiger partial charge in [0.25, 0.3) is 5.91 Å². The van der Waals surface area contributed by atoms with E-state index in [0.717, 1.165) is 12.8 Å². The van der Waals surface area contributed by atoms with E-state index in [-0.39, 0.29) is 17.4 Å². The van der Waals surface area contributed by atoms with Crippen molar-refractivity contribution in [3.05, 3.63) is 23.6 Å². The molecule has 98 valence electrons. The number of rotatable bonds is 4. The van der Waals surface area contributed by atoms with Crippen molar-refractivity contribution in [2.24, 2.45) is 11.8 Å². The van der Waals surface area contributed by atoms with E-state index < -0.39 is 11.7 Å². The first kappa shape index (κ1) is 12.8. The van der Waals surface area contributed by atoms with Crippen molar-refractivity contribution in [2.75, 3.05) is 5.43 Å². The molecule has 1 atom stereocenters. The number of carbonyl (C=O) groups is 1. The second-order valence-corrected chi connectivity index (χ2v) is 4.62. The molecule has 1 unspecified atom stereocenters. The van der Waals surface area contributed by atoms with Crippen LogP contribution in [0.25, 0.3) is 0 Å². The Bertz CT molecular complexity index is 448. The molecule has 0 spiro atoms. The molecular weight excluding hydrogens is 235 g/mol. The molecule has 2 rings (SSSR count). The van der Waals surface area contributed by atoms with Crippen molar-refractivity contribution in [3.8, 4) is 0 Å². The van der Waals surface area contributed by atoms with Crippen LogP contribution in [0.3, 0.4) is 0 Å². The lowest BCUT2D eigenvalue weighted by molar-refractivity contribution is 0.0905. The third-order valence-corrected chi connectivity index (χ3v) is 3.49. The van der Waals surface area contributed by atoms with Crippen LogP contribution in [0.1, 0.15) is 36.5 Å². The van der Waals surface area contributed by atoms with Gasteiger partial charge in [0.1, 0.15) is 0 Å². The van der Waals surface area contributed by atoms with Crippen molar-refractivity contribution >= 4 is 11.7 Å². The van der Waals surface area contributed by atoms with E-state index in [1.807, 2.05) is 6.92 Å². The summed E-state index contributed by atoms with van der Waals surface area (Å²) in [7, 11) is 0. The summed E-state index contributed by atoms with van der Waals surface area (Å²) in [5.41, 5.74) is 2.08. The van der Waals surface area contributed by atoms with Crippen LogP contribution in [0.15, 0.2) is 12.3 Å². The number of aromatic nitrogens is 1. The summed E-state index contributed by atoms with van der Waals surface area (Å²) in [6, 6.07) is 1.41. The Morgan fingerprint density at radius 1 is 1.61 bits per heavy atom. The van der Waals surface area contributed by atoms with Gasteiger partial charge in [0.2, 0.25) is 0 Å². The summed E-state index contributed by atoms with van der Waals surface area (Å²) in [5, 5.41) is 2.81. The molecule has 5 nitrogen and oxygen atoms in total. The molecule has 1 aliphatic rings. The predicted molar refractivity (Wildman–Crippen MR) is 66.3 cm³/mol. The first-order chi connectivity index (χ1) is 8.63. The van der Waals surface area contributed by atoms with Gasteiger partial charge in [-0.2, -0.15) is 0 Å². The van der Waals surface area contributed by atoms with Crippen LogP contribution in [0.4, 0.5) is 10.2 Å². The topological polar surface area (TPSA) is 80.0 Å². The average Bonchev–Trinajstić information content (AvgIpc) is 2.26. The molecule has 0 aliphatic heterocycles. The van der Waals surface area contributed by atoms with Gasteiger partial charge in [-0.15, -0.1) is 0 Å². The molecule has 0 aromatic carbocycles. The average molecular weight is 252 g/mol. The minimum absolute atomic E-state index is 0.0378. The van der Waals surface area contributed by atoms with Crippen LogP contribution in [0, 0.1) is 11.7 Å². The van der Waals surface area contributed by atoms with Crippen LogP contribution in [0.5, 0.6) is 0 Å². The Kier molecular flexibility index (Phi) is 3.76. The van der Waals surface area contributed by atoms with Gasteiger partial charge in [0.15, 0.2) is 11.6 Å². The van der Waals surface area contributed by atoms with Crippen molar-refractivity contribution in [3.63, 3.8) is 0 Å². The number of nitrogen functional groups attached to an aromatic ring is 1. The molecule has 0 bridgehead atoms. The summed E-state index contributed by atoms with van der Waals surface area (Å²) >= 11 is 0. The van der Waals surface area contributed by atoms with Gasteiger partial charge < -0.3 is 10.7 Å². The number of hydrazine groups is 1. The summed E-state index contributed by atoms with van der Waals surface area (Å²) in [6.07, 6.45) is 4.79. The number of nitrogens with one attached hydrogen (secondary N) is 2. The van der Waals surface area contributed by atoms with Crippen molar-refractivity contribution in [1.82, 2.24) is 10.3 Å². The predicted octanol–water partition coefficient (Wildman–Crippen LogP) is 1.42. The highest BCUT2D eigenvalue weighted by atomic mass is 19.1. The number of nitrogens with zero attached hydrogens (tertiary/aromatic N) is 1. The highest BCUT2D eigenvalue weighted by molar-refractivity contribution is 5.95. The number of hydrogen-bond acceptors (Lipinski definition) is 4. The van der Waals surface area contributed by atoms with E-state index in [1.165, 1.54) is 18.7 Å². The van der Waals surface area contributed by atoms with Crippen LogP contribution in [0.2, 0.25) is 0 Å². The van der Waals surface area contributed by atoms with Gasteiger partial charge in [-0.05, 0) is 31.7 Å². The second kappa shape index (κ2) is 5.30. The maximum Gasteiger partial charge on any atom is 0.254 e. The molecule has 1 aromatic rings. The van der Waals surface area contributed by atoms with E-state index in [9.17, 15) is 9.18 Å². The lowest BCUT2D eigenvalue weighted by Crippen LogP contribution is -2.41. The van der Waals surface area contributed by atoms with Gasteiger partial charge in [-0.3, -0.25) is 4.79 Å². The zero-order valence-corrected chi connectivity index (χ0v) is 10.2. The van der Waals surface area contributed by atoms with E-state index in [2.05, 4.69) is 15.7 Å². The van der Waals surface area contributed by atoms with Crippen molar-refractivity contribution in [2.45, 2.75) is 32.2 Å². The molecule has 1 heterocycles. The molecule has 0 saturated heterocycles. The number of anilines is 1. The first-order valence-corrected chi connectivity index (χ1v) is 6.05. The normalized spacial score (nSPS) is 16.8. The number of halogens is 1. The third kappa shape index (κ3) is 2.43. The minimum atomic E-state index is -0.724. The Balaban J connectivity index is 2.08. The van der Waals surface area contributed by atoms with Crippen LogP contribution in [-0.4, -0.2) is 16.9 Å². The SMILES string of the molecule is CC(NC(=O)c1ccnc(NN)c1F)C1CCC1.